The minimum atomic E-state index is -0.245. The van der Waals surface area contributed by atoms with Crippen molar-refractivity contribution in [2.45, 2.75) is 77.0 Å². The molecule has 0 saturated carbocycles. The molecule has 0 fully saturated rings. The maximum atomic E-state index is 6.22. The fraction of sp³-hybridized carbons (Fsp3) is 0.0923. The van der Waals surface area contributed by atoms with E-state index in [1.54, 1.807) is 0 Å². The first-order valence-corrected chi connectivity index (χ1v) is 47.0. The van der Waals surface area contributed by atoms with Gasteiger partial charge >= 0.3 is 0 Å². The van der Waals surface area contributed by atoms with Crippen LogP contribution >= 0.6 is 0 Å². The lowest BCUT2D eigenvalue weighted by Gasteiger charge is -2.31. The van der Waals surface area contributed by atoms with Crippen LogP contribution in [0, 0.1) is 0 Å². The molecule has 22 aromatic rings. The Morgan fingerprint density at radius 2 is 0.381 bits per heavy atom. The molecule has 134 heavy (non-hydrogen) atoms. The summed E-state index contributed by atoms with van der Waals surface area (Å²) in [6.45, 7) is 19.2. The van der Waals surface area contributed by atoms with E-state index in [0.29, 0.717) is 0 Å². The van der Waals surface area contributed by atoms with E-state index in [0.717, 1.165) is 78.0 Å². The van der Waals surface area contributed by atoms with Crippen LogP contribution in [0.3, 0.4) is 0 Å². The third-order valence-corrected chi connectivity index (χ3v) is 30.0. The largest absolute Gasteiger partial charge is 0.456 e. The summed E-state index contributed by atoms with van der Waals surface area (Å²) in [5.41, 5.74) is 48.0. The number of anilines is 6. The Morgan fingerprint density at radius 3 is 0.746 bits per heavy atom. The monoisotopic (exact) mass is 1720 g/mol. The molecule has 0 unspecified atom stereocenters. The molecule has 4 aliphatic carbocycles. The maximum Gasteiger partial charge on any atom is 0.135 e. The highest BCUT2D eigenvalue weighted by Gasteiger charge is 2.42. The molecule has 2 heterocycles. The van der Waals surface area contributed by atoms with E-state index in [1.807, 2.05) is 18.2 Å². The molecular formula is C130H96N2O2. The Kier molecular flexibility index (Phi) is 18.4. The molecule has 4 nitrogen and oxygen atoms in total. The van der Waals surface area contributed by atoms with Crippen LogP contribution in [0.4, 0.5) is 34.1 Å². The van der Waals surface area contributed by atoms with E-state index < -0.39 is 0 Å². The van der Waals surface area contributed by atoms with Gasteiger partial charge in [-0.25, -0.2) is 0 Å². The van der Waals surface area contributed by atoms with Crippen molar-refractivity contribution in [3.8, 4) is 122 Å². The van der Waals surface area contributed by atoms with Crippen molar-refractivity contribution in [3.63, 3.8) is 0 Å². The first-order valence-electron chi connectivity index (χ1n) is 47.0. The average Bonchev–Trinajstić information content (AvgIpc) is 1.60. The van der Waals surface area contributed by atoms with E-state index >= 15 is 0 Å². The highest BCUT2D eigenvalue weighted by atomic mass is 16.3. The Bertz CT molecular complexity index is 8360. The summed E-state index contributed by atoms with van der Waals surface area (Å²) in [5, 5.41) is 7.11. The smallest absolute Gasteiger partial charge is 0.135 e. The number of para-hydroxylation sites is 2. The molecular weight excluding hydrogens is 1620 g/mol. The van der Waals surface area contributed by atoms with Gasteiger partial charge in [-0.15, -0.1) is 0 Å². The molecule has 0 spiro atoms. The summed E-state index contributed by atoms with van der Waals surface area (Å²) in [6, 6.07) is 161. The Labute approximate surface area is 782 Å². The van der Waals surface area contributed by atoms with Crippen LogP contribution < -0.4 is 9.80 Å². The summed E-state index contributed by atoms with van der Waals surface area (Å²) in [7, 11) is 0. The third-order valence-electron chi connectivity index (χ3n) is 30.0. The van der Waals surface area contributed by atoms with Crippen LogP contribution in [0.5, 0.6) is 0 Å². The fourth-order valence-corrected chi connectivity index (χ4v) is 22.7. The zero-order valence-electron chi connectivity index (χ0n) is 76.3. The van der Waals surface area contributed by atoms with Gasteiger partial charge in [-0.1, -0.05) is 359 Å². The van der Waals surface area contributed by atoms with E-state index in [4.69, 9.17) is 8.83 Å². The van der Waals surface area contributed by atoms with Gasteiger partial charge in [-0.3, -0.25) is 0 Å². The molecule has 0 radical (unpaired) electrons. The molecule has 4 heteroatoms. The van der Waals surface area contributed by atoms with Crippen molar-refractivity contribution >= 4 is 88.8 Å². The van der Waals surface area contributed by atoms with Gasteiger partial charge in [0, 0.05) is 77.3 Å². The van der Waals surface area contributed by atoms with Gasteiger partial charge in [0.2, 0.25) is 0 Å². The second-order valence-corrected chi connectivity index (χ2v) is 39.0. The Morgan fingerprint density at radius 1 is 0.149 bits per heavy atom. The van der Waals surface area contributed by atoms with E-state index in [9.17, 15) is 0 Å². The average molecular weight is 1720 g/mol. The highest BCUT2D eigenvalue weighted by Crippen LogP contribution is 2.59. The van der Waals surface area contributed by atoms with E-state index in [-0.39, 0.29) is 21.7 Å². The van der Waals surface area contributed by atoms with Gasteiger partial charge in [-0.2, -0.15) is 0 Å². The summed E-state index contributed by atoms with van der Waals surface area (Å²) >= 11 is 0. The van der Waals surface area contributed by atoms with Gasteiger partial charge in [-0.05, 0) is 311 Å². The number of nitrogens with zero attached hydrogens (tertiary/aromatic N) is 2. The number of furan rings is 2. The lowest BCUT2D eigenvalue weighted by atomic mass is 9.81. The second-order valence-electron chi connectivity index (χ2n) is 39.0. The van der Waals surface area contributed by atoms with Crippen LogP contribution in [0.15, 0.2) is 446 Å². The van der Waals surface area contributed by atoms with Crippen molar-refractivity contribution in [3.05, 3.63) is 481 Å². The van der Waals surface area contributed by atoms with Gasteiger partial charge in [0.1, 0.15) is 22.3 Å². The lowest BCUT2D eigenvalue weighted by molar-refractivity contribution is 0.659. The van der Waals surface area contributed by atoms with Crippen LogP contribution in [0.2, 0.25) is 0 Å². The molecule has 0 bridgehead atoms. The molecule has 2 aromatic heterocycles. The first kappa shape index (κ1) is 80.0. The molecule has 0 aliphatic heterocycles. The topological polar surface area (TPSA) is 32.8 Å². The van der Waals surface area contributed by atoms with Crippen molar-refractivity contribution in [1.29, 1.82) is 0 Å². The van der Waals surface area contributed by atoms with E-state index in [1.165, 1.54) is 178 Å². The van der Waals surface area contributed by atoms with Crippen LogP contribution in [0.1, 0.15) is 99.9 Å². The van der Waals surface area contributed by atoms with Crippen molar-refractivity contribution in [2.24, 2.45) is 0 Å². The highest BCUT2D eigenvalue weighted by molar-refractivity contribution is 6.08. The normalized spacial score (nSPS) is 13.9. The minimum Gasteiger partial charge on any atom is -0.456 e. The van der Waals surface area contributed by atoms with Gasteiger partial charge < -0.3 is 18.6 Å². The molecule has 20 aromatic carbocycles. The molecule has 0 amide bonds. The lowest BCUT2D eigenvalue weighted by Crippen LogP contribution is -2.19. The second kappa shape index (κ2) is 30.8. The molecule has 0 saturated heterocycles. The van der Waals surface area contributed by atoms with E-state index in [2.05, 4.69) is 484 Å². The van der Waals surface area contributed by atoms with Gasteiger partial charge in [0.25, 0.3) is 0 Å². The van der Waals surface area contributed by atoms with Crippen molar-refractivity contribution < 1.29 is 8.83 Å². The summed E-state index contributed by atoms with van der Waals surface area (Å²) in [6.07, 6.45) is 0. The molecule has 0 atom stereocenters. The minimum absolute atomic E-state index is 0.205. The predicted octanol–water partition coefficient (Wildman–Crippen LogP) is 36.2. The molecule has 4 aliphatic rings. The zero-order valence-corrected chi connectivity index (χ0v) is 76.3. The number of rotatable bonds is 13. The van der Waals surface area contributed by atoms with Crippen molar-refractivity contribution in [2.75, 3.05) is 9.80 Å². The zero-order chi connectivity index (χ0) is 90.0. The number of hydrogen-bond donors (Lipinski definition) is 0. The summed E-state index contributed by atoms with van der Waals surface area (Å²) < 4.78 is 12.4. The number of benzene rings is 20. The standard InChI is InChI=1S/C69H53NO.C61H43NO/c1-67(2)59-36-45(42-15-9-7-10-16-42)21-28-51(59)54-31-25-48(39-62(54)67)70(49-26-32-55-52-29-22-46(43-17-11-8-12-18-43)37-60(52)68(3,4)63(55)40-49)50-27-33-56-53-30-23-47(38-61(53)69(5,6)64(56)41-50)44-24-34-66-58(35-44)57-19-13-14-20-65(57)71-66;1-61(2)57-38-47(46-28-36-60-56(37-46)55-16-8-9-18-59(55)63-60)27-34-53(57)54-35-33-50(39-58(54)61)62(49-31-25-45(26-32-49)52-17-10-14-44-13-6-7-15-51(44)52)48-29-23-43(24-30-48)42-21-19-41(20-22-42)40-11-4-3-5-12-40/h7-41H,1-6H3;3-39H,1-2H3. The van der Waals surface area contributed by atoms with Gasteiger partial charge in [0.05, 0.1) is 0 Å². The first-order chi connectivity index (χ1) is 65.4. The summed E-state index contributed by atoms with van der Waals surface area (Å²) in [5.74, 6) is 0. The predicted molar refractivity (Wildman–Crippen MR) is 563 cm³/mol. The number of fused-ring (bicyclic) bond motifs is 19. The third kappa shape index (κ3) is 13.0. The van der Waals surface area contributed by atoms with Crippen LogP contribution in [0.25, 0.3) is 177 Å². The Balaban J connectivity index is 0.000000144. The van der Waals surface area contributed by atoms with Crippen LogP contribution in [-0.2, 0) is 21.7 Å². The number of hydrogen-bond acceptors (Lipinski definition) is 4. The molecule has 0 N–H and O–H groups in total. The molecule has 638 valence electrons. The maximum absolute atomic E-state index is 6.22. The quantitative estimate of drug-likeness (QED) is 0.115. The van der Waals surface area contributed by atoms with Crippen molar-refractivity contribution in [1.82, 2.24) is 0 Å². The fourth-order valence-electron chi connectivity index (χ4n) is 22.7. The summed E-state index contributed by atoms with van der Waals surface area (Å²) in [4.78, 5) is 4.93. The molecule has 26 rings (SSSR count). The van der Waals surface area contributed by atoms with Gasteiger partial charge in [0.15, 0.2) is 0 Å². The SMILES string of the molecule is CC1(C)c2cc(-c3ccc4oc5ccccc5c4c3)ccc2-c2ccc(N(c3ccc(-c4ccc(-c5ccccc5)cc4)cc3)c3ccc(-c4cccc5ccccc45)cc3)cc21.CC1(C)c2cc(-c3ccccc3)ccc2-c2ccc(N(c3ccc4c(c3)C(C)(C)c3cc(-c5ccccc5)ccc3-4)c3ccc4c(c3)C(C)(C)c3cc(-c5ccc6oc7ccccc7c6c5)ccc3-4)cc21. The van der Waals surface area contributed by atoms with Crippen LogP contribution in [-0.4, -0.2) is 0 Å². The Hall–Kier alpha value is -16.1.